The van der Waals surface area contributed by atoms with Gasteiger partial charge in [0.15, 0.2) is 0 Å². The summed E-state index contributed by atoms with van der Waals surface area (Å²) < 4.78 is 2.51. The predicted molar refractivity (Wildman–Crippen MR) is 54.3 cm³/mol. The lowest BCUT2D eigenvalue weighted by molar-refractivity contribution is -0.126. The summed E-state index contributed by atoms with van der Waals surface area (Å²) in [6.07, 6.45) is -0.278. The van der Waals surface area contributed by atoms with Gasteiger partial charge in [-0.1, -0.05) is 18.2 Å². The monoisotopic (exact) mass is 210 g/mol. The van der Waals surface area contributed by atoms with Crippen molar-refractivity contribution in [3.05, 3.63) is 30.3 Å². The van der Waals surface area contributed by atoms with E-state index in [-0.39, 0.29) is 12.3 Å². The van der Waals surface area contributed by atoms with Crippen molar-refractivity contribution in [2.24, 2.45) is 5.73 Å². The summed E-state index contributed by atoms with van der Waals surface area (Å²) in [5, 5.41) is 0. The molecule has 2 amide bonds. The first-order valence-corrected chi connectivity index (χ1v) is 4.79. The number of primary amides is 1. The average molecular weight is 210 g/mol. The van der Waals surface area contributed by atoms with Gasteiger partial charge in [-0.2, -0.15) is 0 Å². The van der Waals surface area contributed by atoms with Gasteiger partial charge in [0, 0.05) is 4.90 Å². The van der Waals surface area contributed by atoms with E-state index < -0.39 is 5.91 Å². The third-order valence-electron chi connectivity index (χ3n) is 1.36. The van der Waals surface area contributed by atoms with E-state index in [2.05, 4.69) is 4.72 Å². The highest BCUT2D eigenvalue weighted by Gasteiger charge is 2.05. The van der Waals surface area contributed by atoms with E-state index >= 15 is 0 Å². The highest BCUT2D eigenvalue weighted by molar-refractivity contribution is 7.98. The predicted octanol–water partition coefficient (Wildman–Crippen LogP) is 0.685. The maximum Gasteiger partial charge on any atom is 0.239 e. The first-order valence-electron chi connectivity index (χ1n) is 3.97. The van der Waals surface area contributed by atoms with Crippen LogP contribution in [0.25, 0.3) is 0 Å². The zero-order valence-electron chi connectivity index (χ0n) is 7.40. The molecule has 0 aliphatic carbocycles. The Kier molecular flexibility index (Phi) is 4.00. The van der Waals surface area contributed by atoms with Gasteiger partial charge in [0.1, 0.15) is 6.42 Å². The van der Waals surface area contributed by atoms with Crippen molar-refractivity contribution in [1.82, 2.24) is 4.72 Å². The zero-order valence-corrected chi connectivity index (χ0v) is 8.21. The number of hydrogen-bond acceptors (Lipinski definition) is 3. The Morgan fingerprint density at radius 3 is 2.50 bits per heavy atom. The van der Waals surface area contributed by atoms with Gasteiger partial charge in [-0.15, -0.1) is 0 Å². The Morgan fingerprint density at radius 2 is 1.93 bits per heavy atom. The largest absolute Gasteiger partial charge is 0.369 e. The van der Waals surface area contributed by atoms with Crippen molar-refractivity contribution in [3.8, 4) is 0 Å². The first kappa shape index (κ1) is 10.6. The third-order valence-corrected chi connectivity index (χ3v) is 2.20. The quantitative estimate of drug-likeness (QED) is 0.567. The van der Waals surface area contributed by atoms with Crippen LogP contribution in [0.3, 0.4) is 0 Å². The van der Waals surface area contributed by atoms with Crippen molar-refractivity contribution in [1.29, 1.82) is 0 Å². The van der Waals surface area contributed by atoms with Gasteiger partial charge >= 0.3 is 0 Å². The van der Waals surface area contributed by atoms with E-state index in [1.165, 1.54) is 0 Å². The summed E-state index contributed by atoms with van der Waals surface area (Å²) in [7, 11) is 0. The topological polar surface area (TPSA) is 72.2 Å². The molecule has 4 nitrogen and oxygen atoms in total. The molecule has 0 heterocycles. The second-order valence-corrected chi connectivity index (χ2v) is 3.46. The highest BCUT2D eigenvalue weighted by atomic mass is 32.2. The van der Waals surface area contributed by atoms with E-state index in [4.69, 9.17) is 5.73 Å². The number of amides is 2. The van der Waals surface area contributed by atoms with Crippen LogP contribution in [0.15, 0.2) is 35.2 Å². The molecule has 1 aromatic rings. The van der Waals surface area contributed by atoms with Crippen molar-refractivity contribution in [2.45, 2.75) is 11.3 Å². The normalized spacial score (nSPS) is 9.43. The molecule has 0 fully saturated rings. The fraction of sp³-hybridized carbons (Fsp3) is 0.111. The molecule has 0 saturated heterocycles. The van der Waals surface area contributed by atoms with Crippen LogP contribution in [-0.2, 0) is 9.59 Å². The molecule has 0 saturated carbocycles. The molecule has 5 heteroatoms. The Morgan fingerprint density at radius 1 is 1.29 bits per heavy atom. The van der Waals surface area contributed by atoms with E-state index in [0.29, 0.717) is 0 Å². The Labute approximate surface area is 86.0 Å². The lowest BCUT2D eigenvalue weighted by atomic mass is 10.4. The average Bonchev–Trinajstić information content (AvgIpc) is 2.15. The van der Waals surface area contributed by atoms with Crippen molar-refractivity contribution >= 4 is 23.8 Å². The van der Waals surface area contributed by atoms with Crippen LogP contribution in [0, 0.1) is 0 Å². The van der Waals surface area contributed by atoms with Crippen molar-refractivity contribution < 1.29 is 9.59 Å². The lowest BCUT2D eigenvalue weighted by Gasteiger charge is -2.01. The summed E-state index contributed by atoms with van der Waals surface area (Å²) >= 11 is 1.16. The fourth-order valence-corrected chi connectivity index (χ4v) is 1.40. The van der Waals surface area contributed by atoms with Crippen molar-refractivity contribution in [2.75, 3.05) is 0 Å². The maximum atomic E-state index is 11.0. The molecule has 0 spiro atoms. The lowest BCUT2D eigenvalue weighted by Crippen LogP contribution is -2.23. The molecule has 0 bridgehead atoms. The Hall–Kier alpha value is -1.49. The molecule has 74 valence electrons. The van der Waals surface area contributed by atoms with E-state index in [9.17, 15) is 9.59 Å². The van der Waals surface area contributed by atoms with Crippen LogP contribution in [0.5, 0.6) is 0 Å². The van der Waals surface area contributed by atoms with Gasteiger partial charge in [-0.05, 0) is 24.1 Å². The van der Waals surface area contributed by atoms with Gasteiger partial charge in [0.05, 0.1) is 0 Å². The van der Waals surface area contributed by atoms with E-state index in [1.54, 1.807) is 0 Å². The zero-order chi connectivity index (χ0) is 10.4. The number of carbonyl (C=O) groups is 2. The van der Waals surface area contributed by atoms with Crippen LogP contribution in [0.2, 0.25) is 0 Å². The van der Waals surface area contributed by atoms with Gasteiger partial charge in [0.2, 0.25) is 11.8 Å². The molecular weight excluding hydrogens is 200 g/mol. The third kappa shape index (κ3) is 3.95. The highest BCUT2D eigenvalue weighted by Crippen LogP contribution is 2.12. The number of benzene rings is 1. The SMILES string of the molecule is NC(=O)CC(=O)NSc1ccccc1. The minimum Gasteiger partial charge on any atom is -0.369 e. The summed E-state index contributed by atoms with van der Waals surface area (Å²) in [5.74, 6) is -1.01. The summed E-state index contributed by atoms with van der Waals surface area (Å²) in [6, 6.07) is 9.32. The van der Waals surface area contributed by atoms with E-state index in [0.717, 1.165) is 16.8 Å². The minimum atomic E-state index is -0.629. The Bertz CT molecular complexity index is 327. The standard InChI is InChI=1S/C9H10N2O2S/c10-8(12)6-9(13)11-14-7-4-2-1-3-5-7/h1-5H,6H2,(H2,10,12)(H,11,13). The van der Waals surface area contributed by atoms with E-state index in [1.807, 2.05) is 30.3 Å². The second kappa shape index (κ2) is 5.29. The van der Waals surface area contributed by atoms with Crippen LogP contribution in [0.1, 0.15) is 6.42 Å². The Balaban J connectivity index is 2.34. The molecule has 1 rings (SSSR count). The van der Waals surface area contributed by atoms with Crippen LogP contribution >= 0.6 is 11.9 Å². The number of nitrogens with two attached hydrogens (primary N) is 1. The number of hydrogen-bond donors (Lipinski definition) is 2. The van der Waals surface area contributed by atoms with Gasteiger partial charge in [-0.3, -0.25) is 14.3 Å². The molecule has 1 aromatic carbocycles. The fourth-order valence-electron chi connectivity index (χ4n) is 0.799. The molecule has 0 atom stereocenters. The molecular formula is C9H10N2O2S. The number of nitrogens with one attached hydrogen (secondary N) is 1. The minimum absolute atomic E-state index is 0.278. The maximum absolute atomic E-state index is 11.0. The van der Waals surface area contributed by atoms with Crippen LogP contribution in [-0.4, -0.2) is 11.8 Å². The van der Waals surface area contributed by atoms with Gasteiger partial charge < -0.3 is 5.73 Å². The molecule has 0 aliphatic heterocycles. The molecule has 0 unspecified atom stereocenters. The second-order valence-electron chi connectivity index (χ2n) is 2.58. The van der Waals surface area contributed by atoms with Crippen LogP contribution < -0.4 is 10.5 Å². The molecule has 14 heavy (non-hydrogen) atoms. The summed E-state index contributed by atoms with van der Waals surface area (Å²) in [5.41, 5.74) is 4.85. The summed E-state index contributed by atoms with van der Waals surface area (Å²) in [4.78, 5) is 22.3. The molecule has 3 N–H and O–H groups in total. The van der Waals surface area contributed by atoms with Gasteiger partial charge in [-0.25, -0.2) is 0 Å². The summed E-state index contributed by atoms with van der Waals surface area (Å²) in [6.45, 7) is 0. The smallest absolute Gasteiger partial charge is 0.239 e. The number of carbonyl (C=O) groups excluding carboxylic acids is 2. The molecule has 0 radical (unpaired) electrons. The van der Waals surface area contributed by atoms with Gasteiger partial charge in [0.25, 0.3) is 0 Å². The number of rotatable bonds is 4. The van der Waals surface area contributed by atoms with Crippen molar-refractivity contribution in [3.63, 3.8) is 0 Å². The first-order chi connectivity index (χ1) is 6.68. The molecule has 0 aromatic heterocycles. The van der Waals surface area contributed by atoms with Crippen LogP contribution in [0.4, 0.5) is 0 Å². The molecule has 0 aliphatic rings.